The Morgan fingerprint density at radius 1 is 1.18 bits per heavy atom. The minimum atomic E-state index is -1.72. The summed E-state index contributed by atoms with van der Waals surface area (Å²) in [5.74, 6) is 0.467. The zero-order valence-corrected chi connectivity index (χ0v) is 18.2. The molecule has 2 N–H and O–H groups in total. The molecule has 0 unspecified atom stereocenters. The van der Waals surface area contributed by atoms with E-state index in [-0.39, 0.29) is 18.7 Å². The highest BCUT2D eigenvalue weighted by Gasteiger charge is 2.48. The normalized spacial score (nSPS) is 18.0. The lowest BCUT2D eigenvalue weighted by molar-refractivity contribution is -0.144. The number of alkyl halides is 1. The van der Waals surface area contributed by atoms with Gasteiger partial charge in [-0.2, -0.15) is 5.10 Å². The number of nitrogens with one attached hydrogen (secondary N) is 1. The van der Waals surface area contributed by atoms with Crippen LogP contribution in [0, 0.1) is 0 Å². The summed E-state index contributed by atoms with van der Waals surface area (Å²) >= 11 is 0. The SMILES string of the molecule is CN1CC[C@@](O)(c2cc(-c3cccc(-c4ccnc(Nc5ccn(CCF)n5)n4)n3)no2)C1=O. The molecule has 0 bridgehead atoms. The van der Waals surface area contributed by atoms with Crippen LogP contribution >= 0.6 is 0 Å². The van der Waals surface area contributed by atoms with Gasteiger partial charge >= 0.3 is 0 Å². The van der Waals surface area contributed by atoms with Crippen LogP contribution < -0.4 is 5.32 Å². The van der Waals surface area contributed by atoms with Gasteiger partial charge < -0.3 is 19.8 Å². The van der Waals surface area contributed by atoms with Gasteiger partial charge in [0.15, 0.2) is 11.6 Å². The molecule has 1 aliphatic rings. The number of anilines is 2. The van der Waals surface area contributed by atoms with Crippen molar-refractivity contribution in [3.05, 3.63) is 54.6 Å². The number of nitrogens with zero attached hydrogens (tertiary/aromatic N) is 7. The van der Waals surface area contributed by atoms with Crippen LogP contribution in [0.3, 0.4) is 0 Å². The van der Waals surface area contributed by atoms with Crippen molar-refractivity contribution in [2.75, 3.05) is 25.6 Å². The largest absolute Gasteiger partial charge is 0.373 e. The molecule has 174 valence electrons. The van der Waals surface area contributed by atoms with E-state index in [1.807, 2.05) is 0 Å². The summed E-state index contributed by atoms with van der Waals surface area (Å²) in [5, 5.41) is 22.0. The van der Waals surface area contributed by atoms with Gasteiger partial charge in [-0.15, -0.1) is 0 Å². The van der Waals surface area contributed by atoms with E-state index >= 15 is 0 Å². The number of aliphatic hydroxyl groups is 1. The predicted octanol–water partition coefficient (Wildman–Crippen LogP) is 2.15. The fraction of sp³-hybridized carbons (Fsp3) is 0.273. The number of likely N-dealkylation sites (N-methyl/N-ethyl adjacent to an activating group) is 1. The van der Waals surface area contributed by atoms with Gasteiger partial charge in [-0.3, -0.25) is 9.48 Å². The van der Waals surface area contributed by atoms with Crippen LogP contribution in [-0.2, 0) is 16.9 Å². The van der Waals surface area contributed by atoms with E-state index in [1.165, 1.54) is 15.6 Å². The maximum atomic E-state index is 12.5. The van der Waals surface area contributed by atoms with Gasteiger partial charge in [0, 0.05) is 44.5 Å². The molecule has 0 aliphatic carbocycles. The number of halogens is 1. The average Bonchev–Trinajstić information content (AvgIpc) is 3.58. The molecular formula is C22H21FN8O3. The van der Waals surface area contributed by atoms with Gasteiger partial charge in [0.25, 0.3) is 5.91 Å². The Morgan fingerprint density at radius 2 is 1.97 bits per heavy atom. The predicted molar refractivity (Wildman–Crippen MR) is 118 cm³/mol. The molecule has 0 spiro atoms. The maximum absolute atomic E-state index is 12.5. The number of hydrogen-bond donors (Lipinski definition) is 2. The molecule has 5 rings (SSSR count). The van der Waals surface area contributed by atoms with Gasteiger partial charge in [0.05, 0.1) is 23.6 Å². The van der Waals surface area contributed by atoms with E-state index < -0.39 is 18.2 Å². The summed E-state index contributed by atoms with van der Waals surface area (Å²) in [6, 6.07) is 10.3. The van der Waals surface area contributed by atoms with Crippen LogP contribution in [-0.4, -0.2) is 66.1 Å². The lowest BCUT2D eigenvalue weighted by atomic mass is 9.98. The number of carbonyl (C=O) groups excluding carboxylic acids is 1. The Labute approximate surface area is 193 Å². The highest BCUT2D eigenvalue weighted by atomic mass is 19.1. The van der Waals surface area contributed by atoms with E-state index in [0.29, 0.717) is 41.1 Å². The molecule has 4 aromatic rings. The number of likely N-dealkylation sites (tertiary alicyclic amines) is 1. The van der Waals surface area contributed by atoms with E-state index in [9.17, 15) is 14.3 Å². The number of carbonyl (C=O) groups is 1. The van der Waals surface area contributed by atoms with Crippen molar-refractivity contribution in [2.24, 2.45) is 0 Å². The average molecular weight is 464 g/mol. The van der Waals surface area contributed by atoms with Gasteiger partial charge in [0.2, 0.25) is 11.5 Å². The van der Waals surface area contributed by atoms with Gasteiger partial charge in [-0.1, -0.05) is 11.2 Å². The third-order valence-corrected chi connectivity index (χ3v) is 5.55. The second-order valence-corrected chi connectivity index (χ2v) is 7.86. The van der Waals surface area contributed by atoms with Crippen LogP contribution in [0.1, 0.15) is 12.2 Å². The number of hydrogen-bond acceptors (Lipinski definition) is 9. The molecule has 12 heteroatoms. The molecule has 5 heterocycles. The van der Waals surface area contributed by atoms with Crippen LogP contribution in [0.25, 0.3) is 22.8 Å². The van der Waals surface area contributed by atoms with Crippen LogP contribution in [0.5, 0.6) is 0 Å². The molecule has 1 aliphatic heterocycles. The second-order valence-electron chi connectivity index (χ2n) is 7.86. The van der Waals surface area contributed by atoms with E-state index in [2.05, 4.69) is 30.5 Å². The van der Waals surface area contributed by atoms with E-state index in [0.717, 1.165) is 0 Å². The first kappa shape index (κ1) is 21.6. The van der Waals surface area contributed by atoms with Crippen molar-refractivity contribution < 1.29 is 18.8 Å². The highest BCUT2D eigenvalue weighted by molar-refractivity contribution is 5.87. The molecule has 0 saturated carbocycles. The summed E-state index contributed by atoms with van der Waals surface area (Å²) in [6.07, 6.45) is 3.48. The zero-order valence-electron chi connectivity index (χ0n) is 18.2. The monoisotopic (exact) mass is 464 g/mol. The minimum absolute atomic E-state index is 0.0878. The quantitative estimate of drug-likeness (QED) is 0.422. The van der Waals surface area contributed by atoms with Crippen LogP contribution in [0.2, 0.25) is 0 Å². The smallest absolute Gasteiger partial charge is 0.262 e. The van der Waals surface area contributed by atoms with Crippen molar-refractivity contribution in [1.29, 1.82) is 0 Å². The summed E-state index contributed by atoms with van der Waals surface area (Å²) in [5.41, 5.74) is 0.275. The highest BCUT2D eigenvalue weighted by Crippen LogP contribution is 2.34. The Kier molecular flexibility index (Phi) is 5.49. The van der Waals surface area contributed by atoms with Gasteiger partial charge in [-0.05, 0) is 18.2 Å². The van der Waals surface area contributed by atoms with Crippen molar-refractivity contribution >= 4 is 17.7 Å². The topological polar surface area (TPSA) is 135 Å². The fourth-order valence-electron chi connectivity index (χ4n) is 3.71. The molecule has 1 atom stereocenters. The third-order valence-electron chi connectivity index (χ3n) is 5.55. The first-order chi connectivity index (χ1) is 16.5. The standard InChI is InChI=1S/C22H21FN8O3/c1-30-11-7-22(33,20(30)32)18-13-17(29-34-18)15-4-2-3-14(25-15)16-5-9-24-21(26-16)27-19-6-10-31(28-19)12-8-23/h2-6,9-10,13,33H,7-8,11-12H2,1H3,(H,24,26,27,28)/t22-/m1/s1. The minimum Gasteiger partial charge on any atom is -0.373 e. The number of pyridine rings is 1. The maximum Gasteiger partial charge on any atom is 0.262 e. The van der Waals surface area contributed by atoms with Crippen molar-refractivity contribution in [3.63, 3.8) is 0 Å². The Morgan fingerprint density at radius 3 is 2.74 bits per heavy atom. The molecule has 1 amide bonds. The van der Waals surface area contributed by atoms with Crippen molar-refractivity contribution in [2.45, 2.75) is 18.6 Å². The number of aryl methyl sites for hydroxylation is 1. The molecule has 1 saturated heterocycles. The van der Waals surface area contributed by atoms with Crippen LogP contribution in [0.15, 0.2) is 53.3 Å². The van der Waals surface area contributed by atoms with Gasteiger partial charge in [-0.25, -0.2) is 19.3 Å². The van der Waals surface area contributed by atoms with Crippen molar-refractivity contribution in [3.8, 4) is 22.8 Å². The summed E-state index contributed by atoms with van der Waals surface area (Å²) in [6.45, 7) is 0.0966. The molecular weight excluding hydrogens is 443 g/mol. The Hall–Kier alpha value is -4.19. The number of amides is 1. The Balaban J connectivity index is 1.38. The molecule has 1 fully saturated rings. The van der Waals surface area contributed by atoms with Crippen LogP contribution in [0.4, 0.5) is 16.2 Å². The lowest BCUT2D eigenvalue weighted by Gasteiger charge is -2.16. The van der Waals surface area contributed by atoms with Crippen molar-refractivity contribution in [1.82, 2.24) is 34.8 Å². The zero-order chi connectivity index (χ0) is 23.7. The first-order valence-electron chi connectivity index (χ1n) is 10.6. The molecule has 0 radical (unpaired) electrons. The number of rotatable bonds is 7. The number of aromatic nitrogens is 6. The fourth-order valence-corrected chi connectivity index (χ4v) is 3.71. The van der Waals surface area contributed by atoms with Gasteiger partial charge in [0.1, 0.15) is 12.4 Å². The first-order valence-corrected chi connectivity index (χ1v) is 10.6. The molecule has 0 aromatic carbocycles. The van der Waals surface area contributed by atoms with E-state index in [4.69, 9.17) is 4.52 Å². The molecule has 11 nitrogen and oxygen atoms in total. The summed E-state index contributed by atoms with van der Waals surface area (Å²) < 4.78 is 19.3. The summed E-state index contributed by atoms with van der Waals surface area (Å²) in [7, 11) is 1.63. The third kappa shape index (κ3) is 3.99. The molecule has 4 aromatic heterocycles. The lowest BCUT2D eigenvalue weighted by Crippen LogP contribution is -2.35. The molecule has 34 heavy (non-hydrogen) atoms. The van der Waals surface area contributed by atoms with E-state index in [1.54, 1.807) is 49.8 Å². The summed E-state index contributed by atoms with van der Waals surface area (Å²) in [4.78, 5) is 27.1. The Bertz CT molecular complexity index is 1340. The second kappa shape index (κ2) is 8.63.